The van der Waals surface area contributed by atoms with Gasteiger partial charge >= 0.3 is 0 Å². The molecule has 0 N–H and O–H groups in total. The van der Waals surface area contributed by atoms with Crippen molar-refractivity contribution < 1.29 is 0 Å². The monoisotopic (exact) mass is 307 g/mol. The maximum atomic E-state index is 11.9. The molecule has 0 aliphatic carbocycles. The van der Waals surface area contributed by atoms with Crippen molar-refractivity contribution in [3.8, 4) is 0 Å². The molecule has 7 heteroatoms. The zero-order chi connectivity index (χ0) is 15.0. The van der Waals surface area contributed by atoms with Gasteiger partial charge in [0.25, 0.3) is 5.56 Å². The minimum atomic E-state index is -0.245. The molecule has 3 heterocycles. The quantitative estimate of drug-likeness (QED) is 0.856. The summed E-state index contributed by atoms with van der Waals surface area (Å²) in [6.45, 7) is 1.79. The number of rotatable bonds is 3. The second-order valence-electron chi connectivity index (χ2n) is 5.60. The summed E-state index contributed by atoms with van der Waals surface area (Å²) < 4.78 is 3.08. The van der Waals surface area contributed by atoms with Crippen LogP contribution in [0.1, 0.15) is 12.0 Å². The van der Waals surface area contributed by atoms with Crippen LogP contribution in [0.3, 0.4) is 0 Å². The smallest absolute Gasteiger partial charge is 0.287 e. The summed E-state index contributed by atoms with van der Waals surface area (Å²) in [5, 5.41) is 8.52. The van der Waals surface area contributed by atoms with Crippen LogP contribution in [-0.4, -0.2) is 32.7 Å². The van der Waals surface area contributed by atoms with E-state index in [1.807, 2.05) is 17.9 Å². The molecule has 0 bridgehead atoms. The minimum Gasteiger partial charge on any atom is -0.369 e. The van der Waals surface area contributed by atoms with Crippen LogP contribution in [0.4, 0.5) is 5.69 Å². The summed E-state index contributed by atoms with van der Waals surface area (Å²) in [5.74, 6) is 0.550. The van der Waals surface area contributed by atoms with Gasteiger partial charge in [-0.3, -0.25) is 9.48 Å². The Balaban J connectivity index is 1.72. The first-order valence-electron chi connectivity index (χ1n) is 6.99. The van der Waals surface area contributed by atoms with Gasteiger partial charge in [-0.05, 0) is 24.3 Å². The molecule has 3 rings (SSSR count). The highest BCUT2D eigenvalue weighted by Gasteiger charge is 2.25. The molecule has 2 aromatic rings. The van der Waals surface area contributed by atoms with Crippen LogP contribution in [0.2, 0.25) is 5.02 Å². The third-order valence-electron chi connectivity index (χ3n) is 3.97. The van der Waals surface area contributed by atoms with Crippen molar-refractivity contribution >= 4 is 17.3 Å². The first-order chi connectivity index (χ1) is 10.0. The van der Waals surface area contributed by atoms with Crippen LogP contribution >= 0.6 is 11.6 Å². The molecular formula is C14H18ClN5O. The Morgan fingerprint density at radius 3 is 2.86 bits per heavy atom. The SMILES string of the molecule is Cn1cc(CC2CCN(c3cnn(C)c(=O)c3Cl)C2)cn1. The zero-order valence-corrected chi connectivity index (χ0v) is 12.9. The summed E-state index contributed by atoms with van der Waals surface area (Å²) in [4.78, 5) is 14.0. The molecule has 0 aromatic carbocycles. The van der Waals surface area contributed by atoms with Crippen molar-refractivity contribution in [2.75, 3.05) is 18.0 Å². The molecule has 112 valence electrons. The van der Waals surface area contributed by atoms with Crippen LogP contribution in [0, 0.1) is 5.92 Å². The Morgan fingerprint density at radius 1 is 1.33 bits per heavy atom. The average Bonchev–Trinajstić information content (AvgIpc) is 3.06. The molecule has 1 unspecified atom stereocenters. The van der Waals surface area contributed by atoms with Crippen molar-refractivity contribution in [1.29, 1.82) is 0 Å². The van der Waals surface area contributed by atoms with E-state index in [4.69, 9.17) is 11.6 Å². The Kier molecular flexibility index (Phi) is 3.71. The summed E-state index contributed by atoms with van der Waals surface area (Å²) in [6.07, 6.45) is 7.72. The zero-order valence-electron chi connectivity index (χ0n) is 12.2. The number of hydrogen-bond donors (Lipinski definition) is 0. The van der Waals surface area contributed by atoms with Crippen LogP contribution < -0.4 is 10.5 Å². The third-order valence-corrected chi connectivity index (χ3v) is 4.32. The highest BCUT2D eigenvalue weighted by molar-refractivity contribution is 6.33. The number of anilines is 1. The lowest BCUT2D eigenvalue weighted by Crippen LogP contribution is -2.26. The van der Waals surface area contributed by atoms with Crippen molar-refractivity contribution in [2.45, 2.75) is 12.8 Å². The third kappa shape index (κ3) is 2.81. The molecule has 1 saturated heterocycles. The Hall–Kier alpha value is -1.82. The molecule has 0 saturated carbocycles. The highest BCUT2D eigenvalue weighted by atomic mass is 35.5. The summed E-state index contributed by atoms with van der Waals surface area (Å²) in [7, 11) is 3.53. The summed E-state index contributed by atoms with van der Waals surface area (Å²) in [6, 6.07) is 0. The lowest BCUT2D eigenvalue weighted by atomic mass is 10.0. The molecule has 1 aliphatic heterocycles. The van der Waals surface area contributed by atoms with E-state index in [0.29, 0.717) is 5.92 Å². The Morgan fingerprint density at radius 2 is 2.14 bits per heavy atom. The maximum absolute atomic E-state index is 11.9. The number of halogens is 1. The van der Waals surface area contributed by atoms with Crippen LogP contribution in [0.5, 0.6) is 0 Å². The van der Waals surface area contributed by atoms with E-state index >= 15 is 0 Å². The van der Waals surface area contributed by atoms with E-state index in [9.17, 15) is 4.79 Å². The van der Waals surface area contributed by atoms with Crippen LogP contribution in [-0.2, 0) is 20.5 Å². The number of hydrogen-bond acceptors (Lipinski definition) is 4. The molecule has 2 aromatic heterocycles. The van der Waals surface area contributed by atoms with Gasteiger partial charge in [0.1, 0.15) is 5.02 Å². The standard InChI is InChI=1S/C14H18ClN5O/c1-18-8-11(6-16-18)5-10-3-4-20(9-10)12-7-17-19(2)14(21)13(12)15/h6-8,10H,3-5,9H2,1-2H3. The molecule has 1 fully saturated rings. The minimum absolute atomic E-state index is 0.245. The van der Waals surface area contributed by atoms with Crippen molar-refractivity contribution in [1.82, 2.24) is 19.6 Å². The van der Waals surface area contributed by atoms with Gasteiger partial charge in [-0.2, -0.15) is 10.2 Å². The average molecular weight is 308 g/mol. The van der Waals surface area contributed by atoms with Crippen molar-refractivity contribution in [3.05, 3.63) is 39.5 Å². The fourth-order valence-corrected chi connectivity index (χ4v) is 3.14. The van der Waals surface area contributed by atoms with Crippen molar-refractivity contribution in [2.24, 2.45) is 20.0 Å². The normalized spacial score (nSPS) is 18.4. The Bertz CT molecular complexity index is 708. The van der Waals surface area contributed by atoms with Gasteiger partial charge < -0.3 is 4.90 Å². The molecule has 0 radical (unpaired) electrons. The molecule has 6 nitrogen and oxygen atoms in total. The van der Waals surface area contributed by atoms with Gasteiger partial charge in [-0.25, -0.2) is 4.68 Å². The molecule has 21 heavy (non-hydrogen) atoms. The summed E-state index contributed by atoms with van der Waals surface area (Å²) >= 11 is 6.16. The fraction of sp³-hybridized carbons (Fsp3) is 0.500. The topological polar surface area (TPSA) is 56.0 Å². The molecule has 1 atom stereocenters. The predicted molar refractivity (Wildman–Crippen MR) is 81.7 cm³/mol. The largest absolute Gasteiger partial charge is 0.369 e. The van der Waals surface area contributed by atoms with Gasteiger partial charge in [0.15, 0.2) is 0 Å². The maximum Gasteiger partial charge on any atom is 0.287 e. The lowest BCUT2D eigenvalue weighted by molar-refractivity contribution is 0.586. The van der Waals surface area contributed by atoms with E-state index in [0.717, 1.165) is 31.6 Å². The van der Waals surface area contributed by atoms with Gasteiger partial charge in [-0.1, -0.05) is 11.6 Å². The van der Waals surface area contributed by atoms with Gasteiger partial charge in [0, 0.05) is 33.4 Å². The van der Waals surface area contributed by atoms with Crippen LogP contribution in [0.25, 0.3) is 0 Å². The van der Waals surface area contributed by atoms with Gasteiger partial charge in [0.05, 0.1) is 18.1 Å². The molecule has 0 spiro atoms. The van der Waals surface area contributed by atoms with E-state index in [2.05, 4.69) is 21.3 Å². The van der Waals surface area contributed by atoms with Crippen LogP contribution in [0.15, 0.2) is 23.4 Å². The first-order valence-corrected chi connectivity index (χ1v) is 7.36. The summed E-state index contributed by atoms with van der Waals surface area (Å²) in [5.41, 5.74) is 1.75. The fourth-order valence-electron chi connectivity index (χ4n) is 2.85. The van der Waals surface area contributed by atoms with E-state index < -0.39 is 0 Å². The molecular weight excluding hydrogens is 290 g/mol. The Labute approximate surface area is 127 Å². The number of nitrogens with zero attached hydrogens (tertiary/aromatic N) is 5. The molecule has 0 amide bonds. The molecule has 1 aliphatic rings. The van der Waals surface area contributed by atoms with E-state index in [-0.39, 0.29) is 10.6 Å². The second kappa shape index (κ2) is 5.52. The number of aromatic nitrogens is 4. The second-order valence-corrected chi connectivity index (χ2v) is 5.98. The van der Waals surface area contributed by atoms with E-state index in [1.54, 1.807) is 13.2 Å². The number of aryl methyl sites for hydroxylation is 2. The predicted octanol–water partition coefficient (Wildman–Crippen LogP) is 1.24. The van der Waals surface area contributed by atoms with Gasteiger partial charge in [-0.15, -0.1) is 0 Å². The van der Waals surface area contributed by atoms with E-state index in [1.165, 1.54) is 10.2 Å². The highest BCUT2D eigenvalue weighted by Crippen LogP contribution is 2.28. The van der Waals surface area contributed by atoms with Crippen molar-refractivity contribution in [3.63, 3.8) is 0 Å². The lowest BCUT2D eigenvalue weighted by Gasteiger charge is -2.19. The first kappa shape index (κ1) is 14.1. The van der Waals surface area contributed by atoms with Gasteiger partial charge in [0.2, 0.25) is 0 Å².